The summed E-state index contributed by atoms with van der Waals surface area (Å²) in [7, 11) is 1.48. The van der Waals surface area contributed by atoms with Crippen molar-refractivity contribution in [2.24, 2.45) is 0 Å². The molecule has 0 spiro atoms. The maximum Gasteiger partial charge on any atom is 0.194 e. The Labute approximate surface area is 108 Å². The van der Waals surface area contributed by atoms with Crippen molar-refractivity contribution in [1.82, 2.24) is 4.98 Å². The molecule has 1 heterocycles. The van der Waals surface area contributed by atoms with Crippen LogP contribution in [0.2, 0.25) is 5.02 Å². The van der Waals surface area contributed by atoms with Crippen LogP contribution in [-0.2, 0) is 0 Å². The highest BCUT2D eigenvalue weighted by molar-refractivity contribution is 6.30. The fraction of sp³-hybridized carbons (Fsp3) is 0.0769. The predicted octanol–water partition coefficient (Wildman–Crippen LogP) is 3.11. The lowest BCUT2D eigenvalue weighted by atomic mass is 10.0. The molecule has 0 bridgehead atoms. The Hall–Kier alpha value is -1.94. The Morgan fingerprint density at radius 1 is 1.28 bits per heavy atom. The number of carbonyl (C=O) groups is 1. The number of pyridine rings is 1. The SMILES string of the molecule is COc1cncc(C(=O)c2ccc(Cl)c(F)c2)c1. The molecule has 1 aromatic heterocycles. The van der Waals surface area contributed by atoms with Gasteiger partial charge < -0.3 is 4.74 Å². The molecule has 18 heavy (non-hydrogen) atoms. The van der Waals surface area contributed by atoms with E-state index >= 15 is 0 Å². The van der Waals surface area contributed by atoms with Crippen molar-refractivity contribution in [3.05, 3.63) is 58.6 Å². The Kier molecular flexibility index (Phi) is 3.58. The quantitative estimate of drug-likeness (QED) is 0.801. The van der Waals surface area contributed by atoms with E-state index in [1.807, 2.05) is 0 Å². The maximum atomic E-state index is 13.3. The van der Waals surface area contributed by atoms with Crippen molar-refractivity contribution in [3.8, 4) is 5.75 Å². The molecule has 0 saturated carbocycles. The number of hydrogen-bond donors (Lipinski definition) is 0. The van der Waals surface area contributed by atoms with Gasteiger partial charge in [0, 0.05) is 17.3 Å². The van der Waals surface area contributed by atoms with Gasteiger partial charge in [0.2, 0.25) is 0 Å². The van der Waals surface area contributed by atoms with E-state index in [2.05, 4.69) is 4.98 Å². The first-order chi connectivity index (χ1) is 8.61. The first-order valence-corrected chi connectivity index (χ1v) is 5.48. The molecule has 5 heteroatoms. The Balaban J connectivity index is 2.38. The minimum absolute atomic E-state index is 0.0182. The summed E-state index contributed by atoms with van der Waals surface area (Å²) < 4.78 is 18.3. The largest absolute Gasteiger partial charge is 0.495 e. The third-order valence-corrected chi connectivity index (χ3v) is 2.70. The topological polar surface area (TPSA) is 39.2 Å². The molecule has 0 aliphatic rings. The lowest BCUT2D eigenvalue weighted by Gasteiger charge is -2.04. The summed E-state index contributed by atoms with van der Waals surface area (Å²) in [5, 5.41) is -0.0182. The van der Waals surface area contributed by atoms with Gasteiger partial charge in [-0.25, -0.2) is 4.39 Å². The van der Waals surface area contributed by atoms with Gasteiger partial charge in [0.25, 0.3) is 0 Å². The van der Waals surface area contributed by atoms with E-state index in [9.17, 15) is 9.18 Å². The highest BCUT2D eigenvalue weighted by Gasteiger charge is 2.12. The number of ether oxygens (including phenoxy) is 1. The summed E-state index contributed by atoms with van der Waals surface area (Å²) in [6, 6.07) is 5.46. The highest BCUT2D eigenvalue weighted by atomic mass is 35.5. The number of methoxy groups -OCH3 is 1. The molecule has 0 saturated heterocycles. The molecule has 0 radical (unpaired) electrons. The lowest BCUT2D eigenvalue weighted by Crippen LogP contribution is -2.03. The standard InChI is InChI=1S/C13H9ClFNO2/c1-18-10-4-9(6-16-7-10)13(17)8-2-3-11(14)12(15)5-8/h2-7H,1H3. The van der Waals surface area contributed by atoms with Crippen LogP contribution in [0.15, 0.2) is 36.7 Å². The Morgan fingerprint density at radius 2 is 2.06 bits per heavy atom. The summed E-state index contributed by atoms with van der Waals surface area (Å²) in [6.07, 6.45) is 2.89. The molecule has 0 fully saturated rings. The molecule has 0 atom stereocenters. The second kappa shape index (κ2) is 5.14. The fourth-order valence-electron chi connectivity index (χ4n) is 1.46. The van der Waals surface area contributed by atoms with Crippen LogP contribution in [0, 0.1) is 5.82 Å². The van der Waals surface area contributed by atoms with Crippen molar-refractivity contribution in [1.29, 1.82) is 0 Å². The Bertz CT molecular complexity index is 601. The molecule has 1 aromatic carbocycles. The second-order valence-corrected chi connectivity index (χ2v) is 3.98. The molecule has 0 aliphatic carbocycles. The number of ketones is 1. The van der Waals surface area contributed by atoms with Gasteiger partial charge in [-0.1, -0.05) is 11.6 Å². The molecule has 2 aromatic rings. The van der Waals surface area contributed by atoms with Crippen molar-refractivity contribution in [2.75, 3.05) is 7.11 Å². The van der Waals surface area contributed by atoms with Crippen molar-refractivity contribution >= 4 is 17.4 Å². The minimum atomic E-state index is -0.627. The van der Waals surface area contributed by atoms with E-state index in [1.54, 1.807) is 6.07 Å². The molecule has 0 amide bonds. The molecular formula is C13H9ClFNO2. The molecular weight excluding hydrogens is 257 g/mol. The zero-order valence-corrected chi connectivity index (χ0v) is 10.2. The third kappa shape index (κ3) is 2.49. The van der Waals surface area contributed by atoms with Gasteiger partial charge >= 0.3 is 0 Å². The summed E-state index contributed by atoms with van der Waals surface area (Å²) in [4.78, 5) is 15.9. The summed E-state index contributed by atoms with van der Waals surface area (Å²) >= 11 is 5.56. The van der Waals surface area contributed by atoms with E-state index in [1.165, 1.54) is 31.6 Å². The Morgan fingerprint density at radius 3 is 2.72 bits per heavy atom. The monoisotopic (exact) mass is 265 g/mol. The molecule has 2 rings (SSSR count). The van der Waals surface area contributed by atoms with Gasteiger partial charge in [-0.2, -0.15) is 0 Å². The number of nitrogens with zero attached hydrogens (tertiary/aromatic N) is 1. The minimum Gasteiger partial charge on any atom is -0.495 e. The van der Waals surface area contributed by atoms with Crippen LogP contribution in [0.5, 0.6) is 5.75 Å². The van der Waals surface area contributed by atoms with Gasteiger partial charge in [-0.15, -0.1) is 0 Å². The summed E-state index contributed by atoms with van der Waals surface area (Å²) in [5.41, 5.74) is 0.544. The van der Waals surface area contributed by atoms with Crippen molar-refractivity contribution in [2.45, 2.75) is 0 Å². The third-order valence-electron chi connectivity index (χ3n) is 2.39. The van der Waals surface area contributed by atoms with Crippen LogP contribution >= 0.6 is 11.6 Å². The fourth-order valence-corrected chi connectivity index (χ4v) is 1.58. The van der Waals surface area contributed by atoms with Crippen LogP contribution in [0.25, 0.3) is 0 Å². The molecule has 0 unspecified atom stereocenters. The first-order valence-electron chi connectivity index (χ1n) is 5.10. The zero-order chi connectivity index (χ0) is 13.1. The molecule has 0 aliphatic heterocycles. The molecule has 3 nitrogen and oxygen atoms in total. The number of hydrogen-bond acceptors (Lipinski definition) is 3. The van der Waals surface area contributed by atoms with E-state index in [4.69, 9.17) is 16.3 Å². The highest BCUT2D eigenvalue weighted by Crippen LogP contribution is 2.19. The lowest BCUT2D eigenvalue weighted by molar-refractivity contribution is 0.103. The van der Waals surface area contributed by atoms with Crippen LogP contribution in [0.4, 0.5) is 4.39 Å². The normalized spacial score (nSPS) is 10.2. The number of benzene rings is 1. The van der Waals surface area contributed by atoms with E-state index in [0.29, 0.717) is 11.3 Å². The molecule has 0 N–H and O–H groups in total. The van der Waals surface area contributed by atoms with Gasteiger partial charge in [-0.05, 0) is 24.3 Å². The van der Waals surface area contributed by atoms with Crippen LogP contribution in [0.3, 0.4) is 0 Å². The number of halogens is 2. The summed E-state index contributed by atoms with van der Waals surface area (Å²) in [5.74, 6) is -0.495. The van der Waals surface area contributed by atoms with Gasteiger partial charge in [0.1, 0.15) is 11.6 Å². The van der Waals surface area contributed by atoms with Gasteiger partial charge in [0.05, 0.1) is 18.3 Å². The smallest absolute Gasteiger partial charge is 0.194 e. The predicted molar refractivity (Wildman–Crippen MR) is 65.6 cm³/mol. The summed E-state index contributed by atoms with van der Waals surface area (Å²) in [6.45, 7) is 0. The molecule has 92 valence electrons. The average Bonchev–Trinajstić information content (AvgIpc) is 2.41. The van der Waals surface area contributed by atoms with Crippen LogP contribution < -0.4 is 4.74 Å². The maximum absolute atomic E-state index is 13.3. The van der Waals surface area contributed by atoms with Crippen molar-refractivity contribution < 1.29 is 13.9 Å². The first kappa shape index (κ1) is 12.5. The van der Waals surface area contributed by atoms with E-state index in [0.717, 1.165) is 6.07 Å². The van der Waals surface area contributed by atoms with E-state index in [-0.39, 0.29) is 16.4 Å². The van der Waals surface area contributed by atoms with Crippen LogP contribution in [0.1, 0.15) is 15.9 Å². The van der Waals surface area contributed by atoms with Gasteiger partial charge in [-0.3, -0.25) is 9.78 Å². The van der Waals surface area contributed by atoms with Gasteiger partial charge in [0.15, 0.2) is 5.78 Å². The average molecular weight is 266 g/mol. The number of aromatic nitrogens is 1. The number of rotatable bonds is 3. The number of carbonyl (C=O) groups excluding carboxylic acids is 1. The second-order valence-electron chi connectivity index (χ2n) is 3.57. The zero-order valence-electron chi connectivity index (χ0n) is 9.48. The van der Waals surface area contributed by atoms with Crippen molar-refractivity contribution in [3.63, 3.8) is 0 Å². The van der Waals surface area contributed by atoms with E-state index < -0.39 is 5.82 Å². The van der Waals surface area contributed by atoms with Crippen LogP contribution in [-0.4, -0.2) is 17.9 Å².